The summed E-state index contributed by atoms with van der Waals surface area (Å²) in [5, 5.41) is 1.21. The Morgan fingerprint density at radius 3 is 2.90 bits per heavy atom. The average molecular weight is 333 g/mol. The normalized spacial score (nSPS) is 20.3. The van der Waals surface area contributed by atoms with E-state index in [1.165, 1.54) is 16.6 Å². The maximum Gasteiger partial charge on any atom is 0.443 e. The Hall–Kier alpha value is -0.960. The third kappa shape index (κ3) is 2.85. The quantitative estimate of drug-likeness (QED) is 0.663. The maximum atomic E-state index is 12.7. The van der Waals surface area contributed by atoms with Crippen molar-refractivity contribution in [3.8, 4) is 0 Å². The lowest BCUT2D eigenvalue weighted by Gasteiger charge is -2.29. The predicted octanol–water partition coefficient (Wildman–Crippen LogP) is 3.85. The fourth-order valence-corrected chi connectivity index (χ4v) is 4.73. The van der Waals surface area contributed by atoms with Crippen LogP contribution in [-0.4, -0.2) is 4.98 Å². The largest absolute Gasteiger partial charge is 0.443 e. The van der Waals surface area contributed by atoms with Gasteiger partial charge in [-0.2, -0.15) is 13.2 Å². The molecule has 0 saturated heterocycles. The smallest absolute Gasteiger partial charge is 0.271 e. The topological polar surface area (TPSA) is 50.9 Å². The summed E-state index contributed by atoms with van der Waals surface area (Å²) in [6.07, 6.45) is -0.128. The molecule has 3 N–H and O–H groups in total. The number of nitrogens with two attached hydrogens (primary N) is 1. The van der Waals surface area contributed by atoms with Crippen molar-refractivity contribution >= 4 is 22.7 Å². The van der Waals surface area contributed by atoms with Gasteiger partial charge in [-0.1, -0.05) is 0 Å². The lowest BCUT2D eigenvalue weighted by atomic mass is 9.82. The lowest BCUT2D eigenvalue weighted by molar-refractivity contribution is -0.137. The first kappa shape index (κ1) is 15.0. The number of rotatable bonds is 3. The van der Waals surface area contributed by atoms with Crippen molar-refractivity contribution in [3.63, 3.8) is 0 Å². The second kappa shape index (κ2) is 5.68. The highest BCUT2D eigenvalue weighted by Crippen LogP contribution is 2.44. The Labute approximate surface area is 128 Å². The molecular weight excluding hydrogens is 319 g/mol. The number of fused-ring (bicyclic) bond motifs is 1. The number of aryl methyl sites for hydroxylation is 1. The summed E-state index contributed by atoms with van der Waals surface area (Å²) in [5.74, 6) is 5.73. The van der Waals surface area contributed by atoms with E-state index in [0.717, 1.165) is 19.3 Å². The summed E-state index contributed by atoms with van der Waals surface area (Å²) in [7, 11) is 0. The fourth-order valence-electron chi connectivity index (χ4n) is 2.83. The van der Waals surface area contributed by atoms with Crippen molar-refractivity contribution in [2.75, 3.05) is 0 Å². The molecule has 3 nitrogen and oxygen atoms in total. The van der Waals surface area contributed by atoms with Crippen LogP contribution in [0.2, 0.25) is 0 Å². The molecule has 0 fully saturated rings. The molecule has 0 bridgehead atoms. The molecule has 2 heterocycles. The van der Waals surface area contributed by atoms with Gasteiger partial charge in [0, 0.05) is 21.9 Å². The Bertz CT molecular complexity index is 620. The van der Waals surface area contributed by atoms with Crippen LogP contribution in [-0.2, 0) is 12.6 Å². The summed E-state index contributed by atoms with van der Waals surface area (Å²) in [6, 6.07) is 1.73. The summed E-state index contributed by atoms with van der Waals surface area (Å²) in [5.41, 5.74) is 3.90. The lowest BCUT2D eigenvalue weighted by Crippen LogP contribution is -2.33. The third-order valence-corrected chi connectivity index (χ3v) is 5.87. The third-order valence-electron chi connectivity index (χ3n) is 3.75. The van der Waals surface area contributed by atoms with E-state index in [1.807, 2.05) is 5.38 Å². The zero-order valence-corrected chi connectivity index (χ0v) is 12.6. The number of nitrogens with zero attached hydrogens (tertiary/aromatic N) is 1. The number of hydrogen-bond acceptors (Lipinski definition) is 5. The molecule has 0 aromatic carbocycles. The Balaban J connectivity index is 1.92. The average Bonchev–Trinajstić information content (AvgIpc) is 3.07. The molecule has 3 rings (SSSR count). The molecule has 2 unspecified atom stereocenters. The van der Waals surface area contributed by atoms with Crippen molar-refractivity contribution in [3.05, 3.63) is 38.0 Å². The molecular formula is C13H14F3N3S2. The summed E-state index contributed by atoms with van der Waals surface area (Å²) in [4.78, 5) is 5.34. The number of aromatic nitrogens is 1. The molecule has 2 aromatic rings. The Morgan fingerprint density at radius 1 is 1.43 bits per heavy atom. The molecule has 114 valence electrons. The van der Waals surface area contributed by atoms with Crippen LogP contribution in [0.25, 0.3) is 0 Å². The number of thiophene rings is 1. The van der Waals surface area contributed by atoms with E-state index in [0.29, 0.717) is 16.2 Å². The van der Waals surface area contributed by atoms with Gasteiger partial charge in [-0.15, -0.1) is 22.7 Å². The highest BCUT2D eigenvalue weighted by Gasteiger charge is 2.37. The van der Waals surface area contributed by atoms with E-state index < -0.39 is 11.2 Å². The van der Waals surface area contributed by atoms with Gasteiger partial charge in [-0.05, 0) is 36.3 Å². The zero-order valence-electron chi connectivity index (χ0n) is 11.0. The molecule has 2 aromatic heterocycles. The van der Waals surface area contributed by atoms with Gasteiger partial charge in [0.2, 0.25) is 0 Å². The van der Waals surface area contributed by atoms with Crippen molar-refractivity contribution in [1.82, 2.24) is 10.4 Å². The van der Waals surface area contributed by atoms with Crippen molar-refractivity contribution in [2.45, 2.75) is 37.4 Å². The number of hydrogen-bond donors (Lipinski definition) is 2. The van der Waals surface area contributed by atoms with Crippen molar-refractivity contribution in [1.29, 1.82) is 0 Å². The number of nitrogens with one attached hydrogen (secondary N) is 1. The molecule has 1 aliphatic carbocycles. The van der Waals surface area contributed by atoms with Gasteiger partial charge in [0.05, 0.1) is 6.04 Å². The second-order valence-electron chi connectivity index (χ2n) is 5.01. The molecule has 0 spiro atoms. The SMILES string of the molecule is NNC(c1cnc(C(F)(F)F)s1)C1CCCc2sccc21. The van der Waals surface area contributed by atoms with Crippen LogP contribution in [0.5, 0.6) is 0 Å². The number of alkyl halides is 3. The van der Waals surface area contributed by atoms with Crippen LogP contribution in [0, 0.1) is 0 Å². The van der Waals surface area contributed by atoms with E-state index in [9.17, 15) is 13.2 Å². The minimum Gasteiger partial charge on any atom is -0.271 e. The van der Waals surface area contributed by atoms with E-state index in [2.05, 4.69) is 16.5 Å². The monoisotopic (exact) mass is 333 g/mol. The minimum atomic E-state index is -4.40. The van der Waals surface area contributed by atoms with E-state index >= 15 is 0 Å². The molecule has 0 saturated carbocycles. The standard InChI is InChI=1S/C13H14F3N3S2/c14-13(15,16)12-18-6-10(21-12)11(19-17)8-2-1-3-9-7(8)4-5-20-9/h4-6,8,11,19H,1-3,17H2. The number of halogens is 3. The molecule has 21 heavy (non-hydrogen) atoms. The van der Waals surface area contributed by atoms with Gasteiger partial charge in [0.25, 0.3) is 0 Å². The molecule has 1 aliphatic rings. The summed E-state index contributed by atoms with van der Waals surface area (Å²) < 4.78 is 38.1. The van der Waals surface area contributed by atoms with Crippen molar-refractivity contribution in [2.24, 2.45) is 5.84 Å². The highest BCUT2D eigenvalue weighted by atomic mass is 32.1. The number of hydrazine groups is 1. The second-order valence-corrected chi connectivity index (χ2v) is 7.07. The molecule has 0 amide bonds. The van der Waals surface area contributed by atoms with Gasteiger partial charge >= 0.3 is 6.18 Å². The minimum absolute atomic E-state index is 0.103. The molecule has 0 radical (unpaired) electrons. The van der Waals surface area contributed by atoms with Crippen LogP contribution in [0.3, 0.4) is 0 Å². The van der Waals surface area contributed by atoms with Crippen LogP contribution >= 0.6 is 22.7 Å². The number of thiazole rings is 1. The summed E-state index contributed by atoms with van der Waals surface area (Å²) >= 11 is 2.37. The fraction of sp³-hybridized carbons (Fsp3) is 0.462. The summed E-state index contributed by atoms with van der Waals surface area (Å²) in [6.45, 7) is 0. The van der Waals surface area contributed by atoms with E-state index in [4.69, 9.17) is 5.84 Å². The van der Waals surface area contributed by atoms with Gasteiger partial charge in [-0.3, -0.25) is 11.3 Å². The predicted molar refractivity (Wildman–Crippen MR) is 77.2 cm³/mol. The van der Waals surface area contributed by atoms with Crippen LogP contribution in [0.4, 0.5) is 13.2 Å². The van der Waals surface area contributed by atoms with E-state index in [1.54, 1.807) is 11.3 Å². The van der Waals surface area contributed by atoms with E-state index in [-0.39, 0.29) is 12.0 Å². The first-order valence-electron chi connectivity index (χ1n) is 6.56. The van der Waals surface area contributed by atoms with Crippen molar-refractivity contribution < 1.29 is 13.2 Å². The van der Waals surface area contributed by atoms with Crippen LogP contribution in [0.1, 0.15) is 45.1 Å². The van der Waals surface area contributed by atoms with Gasteiger partial charge < -0.3 is 0 Å². The zero-order chi connectivity index (χ0) is 15.0. The molecule has 8 heteroatoms. The Kier molecular flexibility index (Phi) is 4.04. The van der Waals surface area contributed by atoms with Gasteiger partial charge in [-0.25, -0.2) is 4.98 Å². The van der Waals surface area contributed by atoms with Gasteiger partial charge in [0.15, 0.2) is 5.01 Å². The van der Waals surface area contributed by atoms with Crippen LogP contribution in [0.15, 0.2) is 17.6 Å². The van der Waals surface area contributed by atoms with Gasteiger partial charge in [0.1, 0.15) is 0 Å². The maximum absolute atomic E-state index is 12.7. The first-order valence-corrected chi connectivity index (χ1v) is 8.25. The molecule has 0 aliphatic heterocycles. The first-order chi connectivity index (χ1) is 10.0. The Morgan fingerprint density at radius 2 is 2.24 bits per heavy atom. The highest BCUT2D eigenvalue weighted by molar-refractivity contribution is 7.11. The van der Waals surface area contributed by atoms with Crippen LogP contribution < -0.4 is 11.3 Å². The molecule has 2 atom stereocenters.